The second kappa shape index (κ2) is 10.8. The summed E-state index contributed by atoms with van der Waals surface area (Å²) in [6.07, 6.45) is 0.688. The molecule has 1 heterocycles. The zero-order chi connectivity index (χ0) is 24.0. The van der Waals surface area contributed by atoms with E-state index >= 15 is 0 Å². The zero-order valence-corrected chi connectivity index (χ0v) is 18.3. The lowest BCUT2D eigenvalue weighted by molar-refractivity contribution is -0.141. The van der Waals surface area contributed by atoms with E-state index in [1.165, 1.54) is 19.1 Å². The molecule has 3 rings (SSSR count). The van der Waals surface area contributed by atoms with Crippen LogP contribution in [0.1, 0.15) is 60.2 Å². The molecule has 0 bridgehead atoms. The number of hydrogen-bond acceptors (Lipinski definition) is 4. The highest BCUT2D eigenvalue weighted by Crippen LogP contribution is 2.39. The van der Waals surface area contributed by atoms with Crippen LogP contribution in [0, 0.1) is 11.7 Å². The molecule has 1 saturated heterocycles. The predicted molar refractivity (Wildman–Crippen MR) is 115 cm³/mol. The highest BCUT2D eigenvalue weighted by atomic mass is 19.4. The van der Waals surface area contributed by atoms with Gasteiger partial charge in [-0.15, -0.1) is 6.58 Å². The first-order valence-electron chi connectivity index (χ1n) is 10.8. The second-order valence-corrected chi connectivity index (χ2v) is 7.82. The lowest BCUT2D eigenvalue weighted by atomic mass is 9.91. The van der Waals surface area contributed by atoms with Crippen LogP contribution in [0.4, 0.5) is 17.6 Å². The quantitative estimate of drug-likeness (QED) is 0.184. The molecule has 0 saturated carbocycles. The average Bonchev–Trinajstić information content (AvgIpc) is 2.78. The van der Waals surface area contributed by atoms with Gasteiger partial charge in [0.2, 0.25) is 0 Å². The number of alkyl halides is 3. The molecule has 33 heavy (non-hydrogen) atoms. The summed E-state index contributed by atoms with van der Waals surface area (Å²) in [6.45, 7) is 5.79. The summed E-state index contributed by atoms with van der Waals surface area (Å²) in [7, 11) is 0. The Balaban J connectivity index is 1.68. The van der Waals surface area contributed by atoms with Crippen molar-refractivity contribution >= 4 is 5.97 Å². The normalized spacial score (nSPS) is 18.6. The van der Waals surface area contributed by atoms with Gasteiger partial charge in [0.25, 0.3) is 0 Å². The molecule has 1 aliphatic heterocycles. The van der Waals surface area contributed by atoms with Gasteiger partial charge in [0, 0.05) is 0 Å². The Morgan fingerprint density at radius 1 is 1.18 bits per heavy atom. The number of benzene rings is 2. The summed E-state index contributed by atoms with van der Waals surface area (Å²) in [6, 6.07) is 8.32. The number of rotatable bonds is 8. The molecule has 2 unspecified atom stereocenters. The van der Waals surface area contributed by atoms with Gasteiger partial charge in [0.1, 0.15) is 17.1 Å². The van der Waals surface area contributed by atoms with Crippen LogP contribution in [-0.4, -0.2) is 19.2 Å². The third kappa shape index (κ3) is 6.13. The highest BCUT2D eigenvalue weighted by Gasteiger charge is 2.40. The lowest BCUT2D eigenvalue weighted by Gasteiger charge is -2.29. The first-order valence-corrected chi connectivity index (χ1v) is 10.8. The van der Waals surface area contributed by atoms with E-state index in [0.29, 0.717) is 12.5 Å². The van der Waals surface area contributed by atoms with Crippen molar-refractivity contribution < 1.29 is 36.6 Å². The van der Waals surface area contributed by atoms with Crippen molar-refractivity contribution in [3.63, 3.8) is 0 Å². The standard InChI is InChI=1S/C25H26F4O4/c1-3-5-6-16-7-13-20(32-15-16)17-8-10-18(11-9-17)33-24(30)19-12-14-21(31-4-2)22(23(19)26)25(27,28)29/h3,8-12,14,16,20H,1,4-7,13,15H2,2H3. The minimum atomic E-state index is -5.03. The van der Waals surface area contributed by atoms with Crippen LogP contribution in [-0.2, 0) is 10.9 Å². The monoisotopic (exact) mass is 466 g/mol. The molecule has 0 amide bonds. The summed E-state index contributed by atoms with van der Waals surface area (Å²) in [5, 5.41) is 0. The van der Waals surface area contributed by atoms with Crippen LogP contribution in [0.25, 0.3) is 0 Å². The van der Waals surface area contributed by atoms with Crippen LogP contribution >= 0.6 is 0 Å². The fourth-order valence-corrected chi connectivity index (χ4v) is 3.82. The Hall–Kier alpha value is -2.87. The molecule has 2 atom stereocenters. The number of esters is 1. The van der Waals surface area contributed by atoms with Crippen LogP contribution in [0.5, 0.6) is 11.5 Å². The average molecular weight is 466 g/mol. The topological polar surface area (TPSA) is 44.8 Å². The maximum atomic E-state index is 14.6. The largest absolute Gasteiger partial charge is 0.493 e. The van der Waals surface area contributed by atoms with Gasteiger partial charge in [-0.1, -0.05) is 18.2 Å². The Bertz CT molecular complexity index is 962. The van der Waals surface area contributed by atoms with Gasteiger partial charge in [0.05, 0.1) is 24.9 Å². The van der Waals surface area contributed by atoms with Gasteiger partial charge in [-0.25, -0.2) is 9.18 Å². The zero-order valence-electron chi connectivity index (χ0n) is 18.3. The Morgan fingerprint density at radius 2 is 1.91 bits per heavy atom. The fourth-order valence-electron chi connectivity index (χ4n) is 3.82. The molecule has 0 aromatic heterocycles. The van der Waals surface area contributed by atoms with Gasteiger partial charge in [-0.2, -0.15) is 13.2 Å². The summed E-state index contributed by atoms with van der Waals surface area (Å²) < 4.78 is 70.5. The third-order valence-electron chi connectivity index (χ3n) is 5.52. The molecule has 0 spiro atoms. The number of allylic oxidation sites excluding steroid dienone is 1. The third-order valence-corrected chi connectivity index (χ3v) is 5.52. The molecular weight excluding hydrogens is 440 g/mol. The highest BCUT2D eigenvalue weighted by molar-refractivity contribution is 5.92. The summed E-state index contributed by atoms with van der Waals surface area (Å²) >= 11 is 0. The van der Waals surface area contributed by atoms with Crippen molar-refractivity contribution in [2.45, 2.75) is 44.9 Å². The SMILES string of the molecule is C=CCCC1CCC(c2ccc(OC(=O)c3ccc(OCC)c(C(F)(F)F)c3F)cc2)OC1. The van der Waals surface area contributed by atoms with Gasteiger partial charge in [-0.3, -0.25) is 0 Å². The van der Waals surface area contributed by atoms with Crippen LogP contribution in [0.15, 0.2) is 49.1 Å². The maximum Gasteiger partial charge on any atom is 0.422 e. The Morgan fingerprint density at radius 3 is 2.48 bits per heavy atom. The van der Waals surface area contributed by atoms with E-state index in [1.807, 2.05) is 6.08 Å². The molecule has 4 nitrogen and oxygen atoms in total. The van der Waals surface area contributed by atoms with Gasteiger partial charge in [-0.05, 0) is 68.4 Å². The van der Waals surface area contributed by atoms with E-state index in [0.717, 1.165) is 43.4 Å². The first kappa shape index (κ1) is 24.8. The number of carbonyl (C=O) groups excluding carboxylic acids is 1. The summed E-state index contributed by atoms with van der Waals surface area (Å²) in [5.41, 5.74) is -1.55. The lowest BCUT2D eigenvalue weighted by Crippen LogP contribution is -2.20. The molecule has 2 aromatic carbocycles. The summed E-state index contributed by atoms with van der Waals surface area (Å²) in [4.78, 5) is 12.4. The molecule has 2 aromatic rings. The van der Waals surface area contributed by atoms with Crippen LogP contribution in [0.2, 0.25) is 0 Å². The van der Waals surface area contributed by atoms with E-state index in [-0.39, 0.29) is 18.5 Å². The van der Waals surface area contributed by atoms with E-state index in [2.05, 4.69) is 6.58 Å². The number of ether oxygens (including phenoxy) is 3. The van der Waals surface area contributed by atoms with Gasteiger partial charge < -0.3 is 14.2 Å². The minimum absolute atomic E-state index is 0.0763. The van der Waals surface area contributed by atoms with Gasteiger partial charge in [0.15, 0.2) is 5.82 Å². The molecule has 0 aliphatic carbocycles. The molecule has 1 aliphatic rings. The summed E-state index contributed by atoms with van der Waals surface area (Å²) in [5.74, 6) is -3.04. The van der Waals surface area contributed by atoms with E-state index < -0.39 is 34.8 Å². The van der Waals surface area contributed by atoms with Crippen LogP contribution < -0.4 is 9.47 Å². The first-order chi connectivity index (χ1) is 15.7. The molecule has 8 heteroatoms. The molecule has 0 N–H and O–H groups in total. The molecular formula is C25H26F4O4. The number of halogens is 4. The molecule has 0 radical (unpaired) electrons. The Labute approximate surface area is 190 Å². The smallest absolute Gasteiger partial charge is 0.422 e. The van der Waals surface area contributed by atoms with E-state index in [1.54, 1.807) is 12.1 Å². The van der Waals surface area contributed by atoms with Gasteiger partial charge >= 0.3 is 12.1 Å². The van der Waals surface area contributed by atoms with Crippen molar-refractivity contribution in [2.24, 2.45) is 5.92 Å². The van der Waals surface area contributed by atoms with E-state index in [9.17, 15) is 22.4 Å². The van der Waals surface area contributed by atoms with Crippen molar-refractivity contribution in [1.29, 1.82) is 0 Å². The van der Waals surface area contributed by atoms with Crippen molar-refractivity contribution in [1.82, 2.24) is 0 Å². The predicted octanol–water partition coefficient (Wildman–Crippen LogP) is 6.90. The molecule has 1 fully saturated rings. The van der Waals surface area contributed by atoms with Crippen LogP contribution in [0.3, 0.4) is 0 Å². The molecule has 178 valence electrons. The fraction of sp³-hybridized carbons (Fsp3) is 0.400. The minimum Gasteiger partial charge on any atom is -0.493 e. The van der Waals surface area contributed by atoms with Crippen molar-refractivity contribution in [3.05, 3.63) is 71.6 Å². The van der Waals surface area contributed by atoms with Crippen molar-refractivity contribution in [3.8, 4) is 11.5 Å². The number of hydrogen-bond donors (Lipinski definition) is 0. The van der Waals surface area contributed by atoms with Crippen molar-refractivity contribution in [2.75, 3.05) is 13.2 Å². The second-order valence-electron chi connectivity index (χ2n) is 7.82. The van der Waals surface area contributed by atoms with E-state index in [4.69, 9.17) is 14.2 Å². The number of carbonyl (C=O) groups is 1. The Kier molecular flexibility index (Phi) is 8.13. The maximum absolute atomic E-state index is 14.6.